The summed E-state index contributed by atoms with van der Waals surface area (Å²) < 4.78 is 32.7. The zero-order valence-corrected chi connectivity index (χ0v) is 18.5. The van der Waals surface area contributed by atoms with Crippen molar-refractivity contribution in [3.8, 4) is 0 Å². The Morgan fingerprint density at radius 3 is 2.63 bits per heavy atom. The van der Waals surface area contributed by atoms with E-state index in [1.807, 2.05) is 27.7 Å². The van der Waals surface area contributed by atoms with Crippen molar-refractivity contribution in [1.82, 2.24) is 15.1 Å². The first-order valence-electron chi connectivity index (χ1n) is 10.4. The van der Waals surface area contributed by atoms with E-state index in [1.165, 1.54) is 5.01 Å². The maximum atomic E-state index is 13.6. The molecular weight excluding hydrogens is 394 g/mol. The quantitative estimate of drug-likeness (QED) is 0.756. The summed E-state index contributed by atoms with van der Waals surface area (Å²) in [6.45, 7) is 9.96. The Bertz CT molecular complexity index is 815. The fourth-order valence-corrected chi connectivity index (χ4v) is 4.37. The first-order valence-corrected chi connectivity index (χ1v) is 10.4. The summed E-state index contributed by atoms with van der Waals surface area (Å²) in [5, 5.41) is 20.1. The van der Waals surface area contributed by atoms with Crippen LogP contribution in [-0.4, -0.2) is 68.5 Å². The molecule has 0 unspecified atom stereocenters. The normalized spacial score (nSPS) is 25.2. The van der Waals surface area contributed by atoms with E-state index >= 15 is 0 Å². The van der Waals surface area contributed by atoms with Crippen molar-refractivity contribution < 1.29 is 23.2 Å². The third-order valence-corrected chi connectivity index (χ3v) is 5.82. The fourth-order valence-electron chi connectivity index (χ4n) is 4.37. The molecule has 3 heterocycles. The van der Waals surface area contributed by atoms with Crippen molar-refractivity contribution in [1.29, 1.82) is 0 Å². The molecule has 0 aliphatic carbocycles. The number of likely N-dealkylation sites (tertiary alicyclic amines) is 1. The molecule has 1 saturated heterocycles. The van der Waals surface area contributed by atoms with Crippen molar-refractivity contribution in [3.63, 3.8) is 0 Å². The van der Waals surface area contributed by atoms with Gasteiger partial charge in [0, 0.05) is 32.4 Å². The van der Waals surface area contributed by atoms with Crippen molar-refractivity contribution in [2.45, 2.75) is 83.9 Å². The highest BCUT2D eigenvalue weighted by atomic mass is 19.3. The minimum absolute atomic E-state index is 0.0412. The minimum Gasteiger partial charge on any atom is -0.391 e. The lowest BCUT2D eigenvalue weighted by molar-refractivity contribution is -0.134. The Hall–Kier alpha value is -2.03. The molecule has 7 nitrogen and oxygen atoms in total. The number of amides is 1. The van der Waals surface area contributed by atoms with Crippen LogP contribution >= 0.6 is 0 Å². The van der Waals surface area contributed by atoms with Crippen LogP contribution in [0.5, 0.6) is 0 Å². The molecule has 3 atom stereocenters. The Labute approximate surface area is 176 Å². The van der Waals surface area contributed by atoms with Gasteiger partial charge < -0.3 is 14.5 Å². The summed E-state index contributed by atoms with van der Waals surface area (Å²) in [4.78, 5) is 15.2. The second kappa shape index (κ2) is 7.90. The van der Waals surface area contributed by atoms with Crippen LogP contribution < -0.4 is 0 Å². The molecule has 1 fully saturated rings. The van der Waals surface area contributed by atoms with Gasteiger partial charge in [0.25, 0.3) is 5.92 Å². The molecule has 2 aliphatic heterocycles. The van der Waals surface area contributed by atoms with Crippen molar-refractivity contribution >= 4 is 11.6 Å². The van der Waals surface area contributed by atoms with Gasteiger partial charge >= 0.3 is 0 Å². The van der Waals surface area contributed by atoms with Crippen LogP contribution in [0.1, 0.15) is 64.8 Å². The van der Waals surface area contributed by atoms with E-state index in [4.69, 9.17) is 4.52 Å². The summed E-state index contributed by atoms with van der Waals surface area (Å²) in [5.41, 5.74) is 0.765. The number of aromatic nitrogens is 1. The molecule has 3 rings (SSSR count). The van der Waals surface area contributed by atoms with Crippen LogP contribution in [0.3, 0.4) is 0 Å². The average Bonchev–Trinajstić information content (AvgIpc) is 3.24. The number of carbonyl (C=O) groups excluding carboxylic acids is 1. The molecule has 0 saturated carbocycles. The number of hydrazone groups is 1. The van der Waals surface area contributed by atoms with Gasteiger partial charge in [-0.05, 0) is 26.7 Å². The third-order valence-electron chi connectivity index (χ3n) is 5.82. The number of rotatable bonds is 6. The fraction of sp³-hybridized carbons (Fsp3) is 0.762. The summed E-state index contributed by atoms with van der Waals surface area (Å²) in [6, 6.07) is 1.33. The maximum absolute atomic E-state index is 13.6. The molecule has 2 aliphatic rings. The molecule has 0 spiro atoms. The predicted octanol–water partition coefficient (Wildman–Crippen LogP) is 3.18. The Balaban J connectivity index is 1.88. The van der Waals surface area contributed by atoms with Crippen molar-refractivity contribution in [2.75, 3.05) is 13.1 Å². The smallest absolute Gasteiger partial charge is 0.264 e. The molecule has 1 amide bonds. The van der Waals surface area contributed by atoms with E-state index in [1.54, 1.807) is 17.9 Å². The van der Waals surface area contributed by atoms with Gasteiger partial charge in [-0.25, -0.2) is 8.78 Å². The van der Waals surface area contributed by atoms with Gasteiger partial charge in [-0.1, -0.05) is 19.0 Å². The van der Waals surface area contributed by atoms with Crippen LogP contribution in [-0.2, 0) is 4.79 Å². The Morgan fingerprint density at radius 1 is 1.43 bits per heavy atom. The topological polar surface area (TPSA) is 82.2 Å². The largest absolute Gasteiger partial charge is 0.391 e. The van der Waals surface area contributed by atoms with Gasteiger partial charge in [0.1, 0.15) is 18.2 Å². The molecule has 30 heavy (non-hydrogen) atoms. The van der Waals surface area contributed by atoms with Gasteiger partial charge in [0.15, 0.2) is 0 Å². The van der Waals surface area contributed by atoms with Crippen LogP contribution in [0.2, 0.25) is 0 Å². The van der Waals surface area contributed by atoms with Crippen LogP contribution in [0.4, 0.5) is 8.78 Å². The molecule has 168 valence electrons. The molecular formula is C21H32F2N4O3. The molecule has 1 aromatic rings. The predicted molar refractivity (Wildman–Crippen MR) is 108 cm³/mol. The van der Waals surface area contributed by atoms with Crippen molar-refractivity contribution in [3.05, 3.63) is 17.5 Å². The number of aliphatic hydroxyl groups is 1. The first kappa shape index (κ1) is 22.7. The highest BCUT2D eigenvalue weighted by Gasteiger charge is 2.47. The molecule has 0 radical (unpaired) electrons. The van der Waals surface area contributed by atoms with Crippen LogP contribution in [0, 0.1) is 12.8 Å². The van der Waals surface area contributed by atoms with Crippen LogP contribution in [0.15, 0.2) is 15.7 Å². The first-order chi connectivity index (χ1) is 13.8. The summed E-state index contributed by atoms with van der Waals surface area (Å²) in [6.07, 6.45) is 0.116. The van der Waals surface area contributed by atoms with E-state index < -0.39 is 36.1 Å². The number of β-amino-alcohol motifs (C(OH)–C–C–N with tert-alkyl or cyclic N) is 1. The van der Waals surface area contributed by atoms with Gasteiger partial charge in [0.2, 0.25) is 5.91 Å². The van der Waals surface area contributed by atoms with E-state index in [2.05, 4.69) is 10.3 Å². The highest BCUT2D eigenvalue weighted by molar-refractivity contribution is 5.96. The number of alkyl halides is 2. The highest BCUT2D eigenvalue weighted by Crippen LogP contribution is 2.36. The Morgan fingerprint density at radius 2 is 2.10 bits per heavy atom. The zero-order chi connectivity index (χ0) is 22.4. The van der Waals surface area contributed by atoms with E-state index in [9.17, 15) is 18.7 Å². The summed E-state index contributed by atoms with van der Waals surface area (Å²) >= 11 is 0. The lowest BCUT2D eigenvalue weighted by atomic mass is 9.90. The second-order valence-corrected chi connectivity index (χ2v) is 9.70. The molecule has 0 aromatic carbocycles. The monoisotopic (exact) mass is 426 g/mol. The number of halogens is 2. The minimum atomic E-state index is -2.88. The van der Waals surface area contributed by atoms with Crippen LogP contribution in [0.25, 0.3) is 0 Å². The lowest BCUT2D eigenvalue weighted by Crippen LogP contribution is -2.45. The number of nitrogens with zero attached hydrogens (tertiary/aromatic N) is 4. The van der Waals surface area contributed by atoms with Gasteiger partial charge in [0.05, 0.1) is 29.1 Å². The summed E-state index contributed by atoms with van der Waals surface area (Å²) in [5.74, 6) is -3.13. The standard InChI is InChI=1S/C21H32F2N4O3/c1-12(2)18(17-7-13(3)25-30-17)19(29)26-10-14(28)8-16(26)15-9-20(4,5)27(24-15)11-21(6,22)23/h7,12,14,16,18,28H,8-11H2,1-6H3/t14-,16+,18-/m1/s1. The average molecular weight is 427 g/mol. The van der Waals surface area contributed by atoms with Gasteiger partial charge in [-0.3, -0.25) is 9.80 Å². The number of aliphatic hydroxyl groups excluding tert-OH is 1. The maximum Gasteiger partial charge on any atom is 0.264 e. The van der Waals surface area contributed by atoms with Gasteiger partial charge in [-0.2, -0.15) is 5.10 Å². The Kier molecular flexibility index (Phi) is 5.97. The second-order valence-electron chi connectivity index (χ2n) is 9.70. The lowest BCUT2D eigenvalue weighted by Gasteiger charge is -2.32. The number of hydrogen-bond donors (Lipinski definition) is 1. The molecule has 1 aromatic heterocycles. The SMILES string of the molecule is Cc1cc([C@H](C(=O)N2C[C@H](O)C[C@H]2C2=NN(CC(C)(F)F)C(C)(C)C2)C(C)C)on1. The number of aryl methyl sites for hydroxylation is 1. The van der Waals surface area contributed by atoms with E-state index in [-0.39, 0.29) is 18.4 Å². The third kappa shape index (κ3) is 4.66. The summed E-state index contributed by atoms with van der Waals surface area (Å²) in [7, 11) is 0. The molecule has 9 heteroatoms. The molecule has 1 N–H and O–H groups in total. The van der Waals surface area contributed by atoms with Crippen molar-refractivity contribution in [2.24, 2.45) is 11.0 Å². The number of hydrogen-bond acceptors (Lipinski definition) is 6. The van der Waals surface area contributed by atoms with Gasteiger partial charge in [-0.15, -0.1) is 0 Å². The number of carbonyl (C=O) groups is 1. The zero-order valence-electron chi connectivity index (χ0n) is 18.5. The molecule has 0 bridgehead atoms. The van der Waals surface area contributed by atoms with E-state index in [0.717, 1.165) is 6.92 Å². The van der Waals surface area contributed by atoms with E-state index in [0.29, 0.717) is 30.0 Å².